The van der Waals surface area contributed by atoms with Gasteiger partial charge in [-0.1, -0.05) is 13.0 Å². The standard InChI is InChI=1S/C16H26N2O/c1-12(11-18-9-7-17-8-10-18)15-5-6-16(19-4)14(3)13(15)2/h5-6,12,17H,7-11H2,1-4H3. The van der Waals surface area contributed by atoms with Crippen LogP contribution in [0.3, 0.4) is 0 Å². The summed E-state index contributed by atoms with van der Waals surface area (Å²) in [5, 5.41) is 3.41. The topological polar surface area (TPSA) is 24.5 Å². The summed E-state index contributed by atoms with van der Waals surface area (Å²) in [6.07, 6.45) is 0. The number of hydrogen-bond donors (Lipinski definition) is 1. The molecule has 1 saturated heterocycles. The highest BCUT2D eigenvalue weighted by Gasteiger charge is 2.17. The fourth-order valence-electron chi connectivity index (χ4n) is 2.95. The molecule has 0 aromatic heterocycles. The van der Waals surface area contributed by atoms with Gasteiger partial charge in [0.1, 0.15) is 5.75 Å². The molecule has 1 atom stereocenters. The Morgan fingerprint density at radius 3 is 2.53 bits per heavy atom. The first-order chi connectivity index (χ1) is 9.13. The molecular formula is C16H26N2O. The van der Waals surface area contributed by atoms with Gasteiger partial charge in [-0.25, -0.2) is 0 Å². The Labute approximate surface area is 116 Å². The predicted molar refractivity (Wildman–Crippen MR) is 80.2 cm³/mol. The molecule has 0 spiro atoms. The van der Waals surface area contributed by atoms with Crippen molar-refractivity contribution >= 4 is 0 Å². The molecule has 0 aliphatic carbocycles. The molecule has 0 radical (unpaired) electrons. The van der Waals surface area contributed by atoms with Crippen LogP contribution in [-0.2, 0) is 0 Å². The van der Waals surface area contributed by atoms with E-state index in [2.05, 4.69) is 43.1 Å². The van der Waals surface area contributed by atoms with Crippen molar-refractivity contribution < 1.29 is 4.74 Å². The summed E-state index contributed by atoms with van der Waals surface area (Å²) in [6.45, 7) is 12.4. The minimum atomic E-state index is 0.572. The summed E-state index contributed by atoms with van der Waals surface area (Å²) >= 11 is 0. The number of rotatable bonds is 4. The number of nitrogens with zero attached hydrogens (tertiary/aromatic N) is 1. The highest BCUT2D eigenvalue weighted by atomic mass is 16.5. The summed E-state index contributed by atoms with van der Waals surface area (Å²) in [6, 6.07) is 4.33. The molecule has 3 heteroatoms. The van der Waals surface area contributed by atoms with E-state index in [1.807, 2.05) is 0 Å². The molecule has 3 nitrogen and oxygen atoms in total. The number of piperazine rings is 1. The maximum atomic E-state index is 5.39. The van der Waals surface area contributed by atoms with Crippen LogP contribution in [0.1, 0.15) is 29.5 Å². The van der Waals surface area contributed by atoms with E-state index in [9.17, 15) is 0 Å². The predicted octanol–water partition coefficient (Wildman–Crippen LogP) is 2.32. The van der Waals surface area contributed by atoms with Gasteiger partial charge >= 0.3 is 0 Å². The second-order valence-corrected chi connectivity index (χ2v) is 5.56. The van der Waals surface area contributed by atoms with E-state index in [0.717, 1.165) is 25.4 Å². The van der Waals surface area contributed by atoms with Gasteiger partial charge in [0, 0.05) is 32.7 Å². The third kappa shape index (κ3) is 3.28. The maximum Gasteiger partial charge on any atom is 0.122 e. The Morgan fingerprint density at radius 1 is 1.21 bits per heavy atom. The van der Waals surface area contributed by atoms with E-state index >= 15 is 0 Å². The zero-order valence-corrected chi connectivity index (χ0v) is 12.6. The number of methoxy groups -OCH3 is 1. The van der Waals surface area contributed by atoms with Crippen LogP contribution in [0.2, 0.25) is 0 Å². The second kappa shape index (κ2) is 6.40. The molecule has 0 amide bonds. The first-order valence-electron chi connectivity index (χ1n) is 7.20. The van der Waals surface area contributed by atoms with E-state index in [-0.39, 0.29) is 0 Å². The zero-order chi connectivity index (χ0) is 13.8. The minimum Gasteiger partial charge on any atom is -0.496 e. The van der Waals surface area contributed by atoms with E-state index in [0.29, 0.717) is 5.92 Å². The lowest BCUT2D eigenvalue weighted by Gasteiger charge is -2.30. The fourth-order valence-corrected chi connectivity index (χ4v) is 2.95. The smallest absolute Gasteiger partial charge is 0.122 e. The fraction of sp³-hybridized carbons (Fsp3) is 0.625. The van der Waals surface area contributed by atoms with E-state index in [1.165, 1.54) is 29.8 Å². The van der Waals surface area contributed by atoms with Gasteiger partial charge in [0.2, 0.25) is 0 Å². The molecule has 1 fully saturated rings. The highest BCUT2D eigenvalue weighted by Crippen LogP contribution is 2.29. The molecule has 1 heterocycles. The lowest BCUT2D eigenvalue weighted by molar-refractivity contribution is 0.230. The Balaban J connectivity index is 2.10. The first kappa shape index (κ1) is 14.4. The number of hydrogen-bond acceptors (Lipinski definition) is 3. The molecule has 1 aliphatic rings. The van der Waals surface area contributed by atoms with Crippen molar-refractivity contribution in [1.29, 1.82) is 0 Å². The molecule has 0 saturated carbocycles. The van der Waals surface area contributed by atoms with E-state index < -0.39 is 0 Å². The van der Waals surface area contributed by atoms with Gasteiger partial charge in [-0.05, 0) is 42.5 Å². The van der Waals surface area contributed by atoms with Gasteiger partial charge in [-0.2, -0.15) is 0 Å². The van der Waals surface area contributed by atoms with E-state index in [4.69, 9.17) is 4.74 Å². The summed E-state index contributed by atoms with van der Waals surface area (Å²) in [7, 11) is 1.74. The third-order valence-corrected chi connectivity index (χ3v) is 4.27. The molecule has 1 unspecified atom stereocenters. The average molecular weight is 262 g/mol. The first-order valence-corrected chi connectivity index (χ1v) is 7.20. The molecule has 0 bridgehead atoms. The van der Waals surface area contributed by atoms with Crippen molar-refractivity contribution in [3.05, 3.63) is 28.8 Å². The summed E-state index contributed by atoms with van der Waals surface area (Å²) in [5.74, 6) is 1.57. The highest BCUT2D eigenvalue weighted by molar-refractivity contribution is 5.44. The van der Waals surface area contributed by atoms with Crippen LogP contribution >= 0.6 is 0 Å². The molecule has 2 rings (SSSR count). The minimum absolute atomic E-state index is 0.572. The van der Waals surface area contributed by atoms with Gasteiger partial charge in [0.25, 0.3) is 0 Å². The SMILES string of the molecule is COc1ccc(C(C)CN2CCNCC2)c(C)c1C. The normalized spacial score (nSPS) is 18.3. The zero-order valence-electron chi connectivity index (χ0n) is 12.6. The van der Waals surface area contributed by atoms with Crippen molar-refractivity contribution in [2.75, 3.05) is 39.8 Å². The van der Waals surface area contributed by atoms with Crippen LogP contribution in [0.5, 0.6) is 5.75 Å². The van der Waals surface area contributed by atoms with Gasteiger partial charge in [-0.3, -0.25) is 0 Å². The van der Waals surface area contributed by atoms with Crippen LogP contribution in [0.25, 0.3) is 0 Å². The average Bonchev–Trinajstić information content (AvgIpc) is 2.42. The maximum absolute atomic E-state index is 5.39. The van der Waals surface area contributed by atoms with Crippen LogP contribution in [0.4, 0.5) is 0 Å². The molecule has 1 aromatic carbocycles. The van der Waals surface area contributed by atoms with Crippen molar-refractivity contribution in [3.8, 4) is 5.75 Å². The van der Waals surface area contributed by atoms with Crippen molar-refractivity contribution in [2.24, 2.45) is 0 Å². The van der Waals surface area contributed by atoms with Crippen LogP contribution in [0.15, 0.2) is 12.1 Å². The quantitative estimate of drug-likeness (QED) is 0.901. The molecule has 1 aromatic rings. The van der Waals surface area contributed by atoms with Gasteiger partial charge in [0.15, 0.2) is 0 Å². The van der Waals surface area contributed by atoms with Crippen LogP contribution in [0, 0.1) is 13.8 Å². The van der Waals surface area contributed by atoms with Gasteiger partial charge in [0.05, 0.1) is 7.11 Å². The van der Waals surface area contributed by atoms with Crippen LogP contribution in [-0.4, -0.2) is 44.7 Å². The largest absolute Gasteiger partial charge is 0.496 e. The number of benzene rings is 1. The summed E-state index contributed by atoms with van der Waals surface area (Å²) < 4.78 is 5.39. The van der Waals surface area contributed by atoms with Crippen molar-refractivity contribution in [3.63, 3.8) is 0 Å². The Kier molecular flexibility index (Phi) is 4.83. The van der Waals surface area contributed by atoms with Gasteiger partial charge < -0.3 is 15.0 Å². The third-order valence-electron chi connectivity index (χ3n) is 4.27. The molecule has 1 N–H and O–H groups in total. The Morgan fingerprint density at radius 2 is 1.89 bits per heavy atom. The van der Waals surface area contributed by atoms with Gasteiger partial charge in [-0.15, -0.1) is 0 Å². The summed E-state index contributed by atoms with van der Waals surface area (Å²) in [5.41, 5.74) is 4.10. The Bertz CT molecular complexity index is 425. The Hall–Kier alpha value is -1.06. The molecule has 106 valence electrons. The van der Waals surface area contributed by atoms with Crippen LogP contribution < -0.4 is 10.1 Å². The molecule has 19 heavy (non-hydrogen) atoms. The lowest BCUT2D eigenvalue weighted by atomic mass is 9.92. The number of ether oxygens (including phenoxy) is 1. The van der Waals surface area contributed by atoms with E-state index in [1.54, 1.807) is 7.11 Å². The molecular weight excluding hydrogens is 236 g/mol. The number of nitrogens with one attached hydrogen (secondary N) is 1. The molecule has 1 aliphatic heterocycles. The van der Waals surface area contributed by atoms with Crippen molar-refractivity contribution in [1.82, 2.24) is 10.2 Å². The monoisotopic (exact) mass is 262 g/mol. The summed E-state index contributed by atoms with van der Waals surface area (Å²) in [4.78, 5) is 2.56. The second-order valence-electron chi connectivity index (χ2n) is 5.56. The lowest BCUT2D eigenvalue weighted by Crippen LogP contribution is -2.44. The van der Waals surface area contributed by atoms with Crippen molar-refractivity contribution in [2.45, 2.75) is 26.7 Å².